The molecule has 0 aliphatic carbocycles. The SMILES string of the molecule is CC(C)CCC(=O)N1CCN(c2ccc([N+](=O)[O-])cc2)CC1. The van der Waals surface area contributed by atoms with Gasteiger partial charge in [-0.25, -0.2) is 0 Å². The minimum Gasteiger partial charge on any atom is -0.368 e. The van der Waals surface area contributed by atoms with Crippen LogP contribution in [0.2, 0.25) is 0 Å². The Morgan fingerprint density at radius 2 is 1.77 bits per heavy atom. The fraction of sp³-hybridized carbons (Fsp3) is 0.562. The van der Waals surface area contributed by atoms with E-state index >= 15 is 0 Å². The average Bonchev–Trinajstić information content (AvgIpc) is 2.53. The van der Waals surface area contributed by atoms with Crippen molar-refractivity contribution >= 4 is 17.3 Å². The molecule has 1 aliphatic heterocycles. The van der Waals surface area contributed by atoms with Crippen LogP contribution in [0.25, 0.3) is 0 Å². The molecule has 0 unspecified atom stereocenters. The van der Waals surface area contributed by atoms with Gasteiger partial charge in [-0.2, -0.15) is 0 Å². The Balaban J connectivity index is 1.86. The van der Waals surface area contributed by atoms with Gasteiger partial charge in [0.25, 0.3) is 5.69 Å². The number of hydrogen-bond donors (Lipinski definition) is 0. The van der Waals surface area contributed by atoms with Crippen LogP contribution in [0.15, 0.2) is 24.3 Å². The minimum atomic E-state index is -0.394. The minimum absolute atomic E-state index is 0.103. The lowest BCUT2D eigenvalue weighted by Gasteiger charge is -2.36. The molecular formula is C16H23N3O3. The molecule has 0 saturated carbocycles. The predicted molar refractivity (Wildman–Crippen MR) is 86.0 cm³/mol. The van der Waals surface area contributed by atoms with E-state index in [-0.39, 0.29) is 11.6 Å². The summed E-state index contributed by atoms with van der Waals surface area (Å²) in [6.07, 6.45) is 1.55. The molecule has 1 aromatic carbocycles. The number of anilines is 1. The van der Waals surface area contributed by atoms with Gasteiger partial charge in [0, 0.05) is 50.4 Å². The van der Waals surface area contributed by atoms with Crippen LogP contribution in [-0.2, 0) is 4.79 Å². The number of amides is 1. The maximum absolute atomic E-state index is 12.1. The fourth-order valence-electron chi connectivity index (χ4n) is 2.57. The van der Waals surface area contributed by atoms with E-state index in [1.165, 1.54) is 12.1 Å². The predicted octanol–water partition coefficient (Wildman–Crippen LogP) is 2.68. The van der Waals surface area contributed by atoms with E-state index in [4.69, 9.17) is 0 Å². The number of non-ortho nitro benzene ring substituents is 1. The van der Waals surface area contributed by atoms with Crippen molar-refractivity contribution in [2.45, 2.75) is 26.7 Å². The molecule has 0 bridgehead atoms. The second kappa shape index (κ2) is 7.24. The number of piperazine rings is 1. The van der Waals surface area contributed by atoms with Gasteiger partial charge in [-0.05, 0) is 24.5 Å². The summed E-state index contributed by atoms with van der Waals surface area (Å²) in [6.45, 7) is 7.22. The number of rotatable bonds is 5. The first-order valence-electron chi connectivity index (χ1n) is 7.74. The third-order valence-electron chi connectivity index (χ3n) is 3.99. The summed E-state index contributed by atoms with van der Waals surface area (Å²) in [7, 11) is 0. The Bertz CT molecular complexity index is 520. The van der Waals surface area contributed by atoms with Gasteiger partial charge in [-0.15, -0.1) is 0 Å². The Morgan fingerprint density at radius 3 is 2.27 bits per heavy atom. The maximum atomic E-state index is 12.1. The first-order valence-corrected chi connectivity index (χ1v) is 7.74. The number of nitro benzene ring substituents is 1. The van der Waals surface area contributed by atoms with Gasteiger partial charge in [0.2, 0.25) is 5.91 Å². The zero-order valence-corrected chi connectivity index (χ0v) is 13.2. The molecule has 6 heteroatoms. The molecule has 1 saturated heterocycles. The standard InChI is InChI=1S/C16H23N3O3/c1-13(2)3-8-16(20)18-11-9-17(10-12-18)14-4-6-15(7-5-14)19(21)22/h4-7,13H,3,8-12H2,1-2H3. The lowest BCUT2D eigenvalue weighted by atomic mass is 10.1. The van der Waals surface area contributed by atoms with Crippen molar-refractivity contribution in [3.63, 3.8) is 0 Å². The van der Waals surface area contributed by atoms with Crippen LogP contribution in [0, 0.1) is 16.0 Å². The zero-order chi connectivity index (χ0) is 16.1. The van der Waals surface area contributed by atoms with Crippen LogP contribution in [0.3, 0.4) is 0 Å². The zero-order valence-electron chi connectivity index (χ0n) is 13.2. The largest absolute Gasteiger partial charge is 0.368 e. The fourth-order valence-corrected chi connectivity index (χ4v) is 2.57. The van der Waals surface area contributed by atoms with E-state index in [1.54, 1.807) is 12.1 Å². The van der Waals surface area contributed by atoms with Crippen molar-refractivity contribution in [2.75, 3.05) is 31.1 Å². The van der Waals surface area contributed by atoms with Crippen molar-refractivity contribution in [1.82, 2.24) is 4.90 Å². The van der Waals surface area contributed by atoms with Gasteiger partial charge in [0.1, 0.15) is 0 Å². The number of carbonyl (C=O) groups is 1. The molecule has 0 spiro atoms. The third-order valence-corrected chi connectivity index (χ3v) is 3.99. The summed E-state index contributed by atoms with van der Waals surface area (Å²) in [4.78, 5) is 26.5. The topological polar surface area (TPSA) is 66.7 Å². The normalized spacial score (nSPS) is 15.2. The van der Waals surface area contributed by atoms with E-state index in [9.17, 15) is 14.9 Å². The van der Waals surface area contributed by atoms with Crippen molar-refractivity contribution in [3.8, 4) is 0 Å². The lowest BCUT2D eigenvalue weighted by Crippen LogP contribution is -2.48. The Labute approximate surface area is 130 Å². The molecule has 22 heavy (non-hydrogen) atoms. The monoisotopic (exact) mass is 305 g/mol. The van der Waals surface area contributed by atoms with Crippen LogP contribution in [0.4, 0.5) is 11.4 Å². The number of benzene rings is 1. The average molecular weight is 305 g/mol. The molecule has 1 aromatic rings. The van der Waals surface area contributed by atoms with Crippen LogP contribution in [0.5, 0.6) is 0 Å². The molecule has 1 aliphatic rings. The van der Waals surface area contributed by atoms with Crippen molar-refractivity contribution in [2.24, 2.45) is 5.92 Å². The molecule has 120 valence electrons. The number of nitro groups is 1. The van der Waals surface area contributed by atoms with Crippen molar-refractivity contribution < 1.29 is 9.72 Å². The third kappa shape index (κ3) is 4.19. The van der Waals surface area contributed by atoms with Crippen LogP contribution < -0.4 is 4.90 Å². The second-order valence-electron chi connectivity index (χ2n) is 6.07. The Hall–Kier alpha value is -2.11. The second-order valence-corrected chi connectivity index (χ2v) is 6.07. The molecule has 2 rings (SSSR count). The number of nitrogens with zero attached hydrogens (tertiary/aromatic N) is 3. The van der Waals surface area contributed by atoms with Gasteiger partial charge >= 0.3 is 0 Å². The summed E-state index contributed by atoms with van der Waals surface area (Å²) >= 11 is 0. The molecule has 1 fully saturated rings. The van der Waals surface area contributed by atoms with Gasteiger partial charge in [0.05, 0.1) is 4.92 Å². The summed E-state index contributed by atoms with van der Waals surface area (Å²) in [5.74, 6) is 0.780. The highest BCUT2D eigenvalue weighted by Crippen LogP contribution is 2.21. The molecule has 1 amide bonds. The van der Waals surface area contributed by atoms with Crippen LogP contribution >= 0.6 is 0 Å². The van der Waals surface area contributed by atoms with Gasteiger partial charge in [-0.3, -0.25) is 14.9 Å². The maximum Gasteiger partial charge on any atom is 0.269 e. The lowest BCUT2D eigenvalue weighted by molar-refractivity contribution is -0.384. The first-order chi connectivity index (χ1) is 10.5. The van der Waals surface area contributed by atoms with Gasteiger partial charge in [-0.1, -0.05) is 13.8 Å². The summed E-state index contributed by atoms with van der Waals surface area (Å²) in [6, 6.07) is 6.59. The highest BCUT2D eigenvalue weighted by Gasteiger charge is 2.21. The smallest absolute Gasteiger partial charge is 0.269 e. The quantitative estimate of drug-likeness (QED) is 0.619. The first kappa shape index (κ1) is 16.3. The van der Waals surface area contributed by atoms with Crippen molar-refractivity contribution in [3.05, 3.63) is 34.4 Å². The van der Waals surface area contributed by atoms with Crippen LogP contribution in [-0.4, -0.2) is 41.9 Å². The highest BCUT2D eigenvalue weighted by molar-refractivity contribution is 5.76. The van der Waals surface area contributed by atoms with E-state index in [0.717, 1.165) is 25.2 Å². The number of hydrogen-bond acceptors (Lipinski definition) is 4. The molecule has 1 heterocycles. The molecule has 0 N–H and O–H groups in total. The summed E-state index contributed by atoms with van der Waals surface area (Å²) in [5.41, 5.74) is 1.08. The molecule has 0 aromatic heterocycles. The summed E-state index contributed by atoms with van der Waals surface area (Å²) in [5, 5.41) is 10.7. The van der Waals surface area contributed by atoms with E-state index in [2.05, 4.69) is 18.7 Å². The molecule has 0 atom stereocenters. The van der Waals surface area contributed by atoms with E-state index in [0.29, 0.717) is 25.4 Å². The molecule has 0 radical (unpaired) electrons. The summed E-state index contributed by atoms with van der Waals surface area (Å²) < 4.78 is 0. The van der Waals surface area contributed by atoms with E-state index < -0.39 is 4.92 Å². The molecular weight excluding hydrogens is 282 g/mol. The van der Waals surface area contributed by atoms with Gasteiger partial charge < -0.3 is 9.80 Å². The van der Waals surface area contributed by atoms with E-state index in [1.807, 2.05) is 4.90 Å². The highest BCUT2D eigenvalue weighted by atomic mass is 16.6. The van der Waals surface area contributed by atoms with Crippen molar-refractivity contribution in [1.29, 1.82) is 0 Å². The number of carbonyl (C=O) groups excluding carboxylic acids is 1. The Kier molecular flexibility index (Phi) is 5.35. The Morgan fingerprint density at radius 1 is 1.18 bits per heavy atom. The van der Waals surface area contributed by atoms with Crippen LogP contribution in [0.1, 0.15) is 26.7 Å². The molecule has 6 nitrogen and oxygen atoms in total. The van der Waals surface area contributed by atoms with Gasteiger partial charge in [0.15, 0.2) is 0 Å².